The van der Waals surface area contributed by atoms with Crippen LogP contribution in [-0.2, 0) is 6.42 Å². The number of likely N-dealkylation sites (tertiary alicyclic amines) is 1. The molecule has 0 saturated carbocycles. The molecule has 1 aliphatic heterocycles. The number of hydrogen-bond donors (Lipinski definition) is 1. The number of ether oxygens (including phenoxy) is 1. The van der Waals surface area contributed by atoms with Gasteiger partial charge in [-0.3, -0.25) is 4.90 Å². The second-order valence-corrected chi connectivity index (χ2v) is 9.40. The van der Waals surface area contributed by atoms with Gasteiger partial charge in [0.2, 0.25) is 0 Å². The Hall–Kier alpha value is -3.37. The van der Waals surface area contributed by atoms with E-state index in [1.54, 1.807) is 18.2 Å². The minimum atomic E-state index is -0.236. The number of aromatic hydroxyl groups is 1. The Bertz CT molecular complexity index is 1280. The fourth-order valence-electron chi connectivity index (χ4n) is 5.06. The monoisotopic (exact) mass is 469 g/mol. The summed E-state index contributed by atoms with van der Waals surface area (Å²) in [6.07, 6.45) is 5.92. The van der Waals surface area contributed by atoms with E-state index >= 15 is 0 Å². The highest BCUT2D eigenvalue weighted by Crippen LogP contribution is 2.35. The Morgan fingerprint density at radius 3 is 2.34 bits per heavy atom. The van der Waals surface area contributed by atoms with E-state index in [4.69, 9.17) is 4.74 Å². The van der Waals surface area contributed by atoms with Gasteiger partial charge >= 0.3 is 0 Å². The topological polar surface area (TPSA) is 32.7 Å². The first-order valence-corrected chi connectivity index (χ1v) is 12.6. The summed E-state index contributed by atoms with van der Waals surface area (Å²) in [4.78, 5) is 2.50. The number of rotatable bonds is 7. The Morgan fingerprint density at radius 2 is 1.57 bits per heavy atom. The Kier molecular flexibility index (Phi) is 7.29. The summed E-state index contributed by atoms with van der Waals surface area (Å²) < 4.78 is 20.8. The maximum Gasteiger partial charge on any atom is 0.131 e. The smallest absolute Gasteiger partial charge is 0.131 e. The molecule has 1 N–H and O–H groups in total. The van der Waals surface area contributed by atoms with E-state index in [0.717, 1.165) is 39.8 Å². The first-order chi connectivity index (χ1) is 17.2. The zero-order valence-electron chi connectivity index (χ0n) is 20.1. The first-order valence-electron chi connectivity index (χ1n) is 12.6. The molecule has 0 atom stereocenters. The summed E-state index contributed by atoms with van der Waals surface area (Å²) in [6, 6.07) is 24.4. The van der Waals surface area contributed by atoms with Gasteiger partial charge in [-0.05, 0) is 90.1 Å². The van der Waals surface area contributed by atoms with Crippen molar-refractivity contribution in [2.24, 2.45) is 0 Å². The van der Waals surface area contributed by atoms with E-state index in [-0.39, 0.29) is 11.6 Å². The first kappa shape index (κ1) is 23.4. The maximum absolute atomic E-state index is 14.7. The van der Waals surface area contributed by atoms with E-state index in [1.807, 2.05) is 42.5 Å². The third-order valence-electron chi connectivity index (χ3n) is 6.96. The van der Waals surface area contributed by atoms with Gasteiger partial charge in [0.15, 0.2) is 0 Å². The number of fused-ring (bicyclic) bond motifs is 1. The van der Waals surface area contributed by atoms with E-state index in [0.29, 0.717) is 18.6 Å². The van der Waals surface area contributed by atoms with Gasteiger partial charge < -0.3 is 9.84 Å². The third kappa shape index (κ3) is 5.66. The van der Waals surface area contributed by atoms with Crippen molar-refractivity contribution in [3.05, 3.63) is 95.8 Å². The second kappa shape index (κ2) is 10.9. The lowest BCUT2D eigenvalue weighted by Gasteiger charge is -2.19. The molecule has 1 saturated heterocycles. The second-order valence-electron chi connectivity index (χ2n) is 9.40. The van der Waals surface area contributed by atoms with Crippen LogP contribution in [0.15, 0.2) is 78.9 Å². The summed E-state index contributed by atoms with van der Waals surface area (Å²) in [5.41, 5.74) is 3.63. The molecule has 0 aliphatic carbocycles. The largest absolute Gasteiger partial charge is 0.508 e. The molecular formula is C31H32FNO2. The Morgan fingerprint density at radius 1 is 0.800 bits per heavy atom. The summed E-state index contributed by atoms with van der Waals surface area (Å²) in [7, 11) is 0. The predicted molar refractivity (Wildman–Crippen MR) is 141 cm³/mol. The number of nitrogens with zero attached hydrogens (tertiary/aromatic N) is 1. The molecule has 0 radical (unpaired) electrons. The normalized spacial score (nSPS) is 14.7. The zero-order valence-corrected chi connectivity index (χ0v) is 20.1. The van der Waals surface area contributed by atoms with E-state index < -0.39 is 0 Å². The third-order valence-corrected chi connectivity index (χ3v) is 6.96. The van der Waals surface area contributed by atoms with Crippen LogP contribution in [0.3, 0.4) is 0 Å². The lowest BCUT2D eigenvalue weighted by molar-refractivity contribution is 0.214. The van der Waals surface area contributed by atoms with Crippen LogP contribution < -0.4 is 4.74 Å². The Balaban J connectivity index is 1.35. The molecule has 0 amide bonds. The van der Waals surface area contributed by atoms with Crippen LogP contribution in [-0.4, -0.2) is 36.2 Å². The lowest BCUT2D eigenvalue weighted by atomic mass is 9.90. The molecule has 5 rings (SSSR count). The van der Waals surface area contributed by atoms with E-state index in [2.05, 4.69) is 17.0 Å². The molecule has 3 nitrogen and oxygen atoms in total. The van der Waals surface area contributed by atoms with E-state index in [1.165, 1.54) is 44.8 Å². The van der Waals surface area contributed by atoms with Crippen LogP contribution in [0.4, 0.5) is 4.39 Å². The minimum absolute atomic E-state index is 0.226. The zero-order chi connectivity index (χ0) is 24.0. The van der Waals surface area contributed by atoms with Gasteiger partial charge in [0.05, 0.1) is 0 Å². The van der Waals surface area contributed by atoms with Crippen LogP contribution in [0.25, 0.3) is 21.9 Å². The fraction of sp³-hybridized carbons (Fsp3) is 0.290. The minimum Gasteiger partial charge on any atom is -0.508 e. The standard InChI is InChI=1S/C31H32FNO2/c32-31-8-4-3-7-29(31)28-15-11-24-22-25(34)12-16-27(24)30(28)21-23-9-13-26(14-10-23)35-20-19-33-17-5-1-2-6-18-33/h3-4,7-16,22,34H,1-2,5-6,17-21H2. The summed E-state index contributed by atoms with van der Waals surface area (Å²) in [5.74, 6) is 0.865. The van der Waals surface area contributed by atoms with Gasteiger partial charge in [-0.25, -0.2) is 4.39 Å². The van der Waals surface area contributed by atoms with Crippen molar-refractivity contribution < 1.29 is 14.2 Å². The average Bonchev–Trinajstić information content (AvgIpc) is 3.15. The molecule has 1 aliphatic rings. The number of benzene rings is 4. The molecule has 0 unspecified atom stereocenters. The molecule has 0 spiro atoms. The highest BCUT2D eigenvalue weighted by atomic mass is 19.1. The van der Waals surface area contributed by atoms with Crippen molar-refractivity contribution in [3.8, 4) is 22.6 Å². The summed E-state index contributed by atoms with van der Waals surface area (Å²) >= 11 is 0. The lowest BCUT2D eigenvalue weighted by Crippen LogP contribution is -2.29. The molecule has 0 aromatic heterocycles. The van der Waals surface area contributed by atoms with Crippen molar-refractivity contribution in [1.29, 1.82) is 0 Å². The number of hydrogen-bond acceptors (Lipinski definition) is 3. The molecule has 180 valence electrons. The molecule has 4 heteroatoms. The van der Waals surface area contributed by atoms with Crippen LogP contribution in [0.5, 0.6) is 11.5 Å². The molecule has 1 heterocycles. The van der Waals surface area contributed by atoms with Crippen molar-refractivity contribution in [2.45, 2.75) is 32.1 Å². The molecule has 0 bridgehead atoms. The van der Waals surface area contributed by atoms with Crippen LogP contribution in [0.1, 0.15) is 36.8 Å². The van der Waals surface area contributed by atoms with Crippen molar-refractivity contribution in [1.82, 2.24) is 4.90 Å². The quantitative estimate of drug-likeness (QED) is 0.311. The molecule has 35 heavy (non-hydrogen) atoms. The van der Waals surface area contributed by atoms with Gasteiger partial charge in [0.1, 0.15) is 23.9 Å². The van der Waals surface area contributed by atoms with Crippen molar-refractivity contribution >= 4 is 10.8 Å². The molecule has 4 aromatic rings. The Labute approximate surface area is 206 Å². The predicted octanol–water partition coefficient (Wildman–Crippen LogP) is 7.20. The van der Waals surface area contributed by atoms with Gasteiger partial charge in [0, 0.05) is 12.1 Å². The van der Waals surface area contributed by atoms with Gasteiger partial charge in [-0.1, -0.05) is 61.4 Å². The molecular weight excluding hydrogens is 437 g/mol. The van der Waals surface area contributed by atoms with Crippen molar-refractivity contribution in [2.75, 3.05) is 26.2 Å². The fourth-order valence-corrected chi connectivity index (χ4v) is 5.06. The summed E-state index contributed by atoms with van der Waals surface area (Å²) in [5, 5.41) is 11.9. The van der Waals surface area contributed by atoms with Crippen molar-refractivity contribution in [3.63, 3.8) is 0 Å². The number of phenolic OH excluding ortho intramolecular Hbond substituents is 1. The molecule has 1 fully saturated rings. The SMILES string of the molecule is Oc1ccc2c(Cc3ccc(OCCN4CCCCCC4)cc3)c(-c3ccccc3F)ccc2c1. The average molecular weight is 470 g/mol. The van der Waals surface area contributed by atoms with Crippen LogP contribution in [0.2, 0.25) is 0 Å². The molecule has 4 aromatic carbocycles. The van der Waals surface area contributed by atoms with Gasteiger partial charge in [-0.15, -0.1) is 0 Å². The van der Waals surface area contributed by atoms with Gasteiger partial charge in [-0.2, -0.15) is 0 Å². The number of halogens is 1. The maximum atomic E-state index is 14.7. The summed E-state index contributed by atoms with van der Waals surface area (Å²) in [6.45, 7) is 4.02. The highest BCUT2D eigenvalue weighted by molar-refractivity contribution is 5.93. The van der Waals surface area contributed by atoms with Crippen LogP contribution >= 0.6 is 0 Å². The highest BCUT2D eigenvalue weighted by Gasteiger charge is 2.14. The van der Waals surface area contributed by atoms with E-state index in [9.17, 15) is 9.50 Å². The number of phenols is 1. The van der Waals surface area contributed by atoms with Crippen LogP contribution in [0, 0.1) is 5.82 Å². The van der Waals surface area contributed by atoms with Gasteiger partial charge in [0.25, 0.3) is 0 Å².